The Kier molecular flexibility index (Phi) is 12.9. The normalized spacial score (nSPS) is 15.7. The molecule has 0 saturated carbocycles. The van der Waals surface area contributed by atoms with Crippen LogP contribution in [-0.2, 0) is 17.2 Å². The van der Waals surface area contributed by atoms with Crippen LogP contribution in [-0.4, -0.2) is 82.5 Å². The van der Waals surface area contributed by atoms with Gasteiger partial charge in [-0.25, -0.2) is 0 Å². The predicted molar refractivity (Wildman–Crippen MR) is 120 cm³/mol. The second kappa shape index (κ2) is 13.0. The zero-order valence-electron chi connectivity index (χ0n) is 21.7. The van der Waals surface area contributed by atoms with Crippen molar-refractivity contribution in [3.05, 3.63) is 0 Å². The van der Waals surface area contributed by atoms with Crippen LogP contribution in [0.5, 0.6) is 0 Å². The molecule has 232 valence electrons. The first-order valence-corrected chi connectivity index (χ1v) is 16.1. The highest BCUT2D eigenvalue weighted by atomic mass is 32.3. The van der Waals surface area contributed by atoms with E-state index in [1.807, 2.05) is 0 Å². The maximum atomic E-state index is 14.3. The van der Waals surface area contributed by atoms with Crippen LogP contribution in [0.2, 0.25) is 12.6 Å². The summed E-state index contributed by atoms with van der Waals surface area (Å²) < 4.78 is 191. The molecule has 18 heteroatoms. The molecule has 0 bridgehead atoms. The maximum absolute atomic E-state index is 14.3. The van der Waals surface area contributed by atoms with E-state index in [-0.39, 0.29) is 26.4 Å². The molecule has 0 aliphatic rings. The monoisotopic (exact) mass is 626 g/mol. The van der Waals surface area contributed by atoms with Crippen molar-refractivity contribution in [1.82, 2.24) is 0 Å². The summed E-state index contributed by atoms with van der Waals surface area (Å²) in [5.41, 5.74) is 0. The van der Waals surface area contributed by atoms with Gasteiger partial charge in [0.25, 0.3) is 0 Å². The van der Waals surface area contributed by atoms with Crippen LogP contribution in [0.3, 0.4) is 0 Å². The third-order valence-electron chi connectivity index (χ3n) is 5.42. The summed E-state index contributed by atoms with van der Waals surface area (Å²) in [4.78, 5) is 0. The molecule has 0 aliphatic heterocycles. The van der Waals surface area contributed by atoms with Gasteiger partial charge in [-0.1, -0.05) is 0 Å². The summed E-state index contributed by atoms with van der Waals surface area (Å²) in [6.07, 6.45) is -3.44. The molecule has 0 N–H and O–H groups in total. The standard InChI is InChI=1S/C20H34F12O4SSi/c1-7-33-37(5,34-8-2)13-11-15(21,22)17(25,26)19(29,30)20(31,32)18(27,28)16(23,24)12-14-38(6,35-9-3)36-10-4/h7-14H2,1-6H3. The van der Waals surface area contributed by atoms with Gasteiger partial charge in [-0.2, -0.15) is 63.3 Å². The van der Waals surface area contributed by atoms with E-state index in [1.54, 1.807) is 0 Å². The first kappa shape index (κ1) is 37.6. The molecule has 0 saturated heterocycles. The SMILES string of the molecule is CCO[Si](C)(CCC(F)(F)C(F)(F)C(F)(F)C(F)(F)C(F)(F)C(F)(F)CCS(C)(OCC)OCC)OCC. The highest BCUT2D eigenvalue weighted by molar-refractivity contribution is 8.25. The van der Waals surface area contributed by atoms with E-state index in [2.05, 4.69) is 0 Å². The van der Waals surface area contributed by atoms with Crippen molar-refractivity contribution in [2.24, 2.45) is 0 Å². The van der Waals surface area contributed by atoms with Crippen LogP contribution < -0.4 is 0 Å². The van der Waals surface area contributed by atoms with Gasteiger partial charge < -0.3 is 8.85 Å². The Balaban J connectivity index is 6.18. The fraction of sp³-hybridized carbons (Fsp3) is 1.00. The summed E-state index contributed by atoms with van der Waals surface area (Å²) in [5.74, 6) is -42.8. The van der Waals surface area contributed by atoms with Crippen molar-refractivity contribution in [1.29, 1.82) is 0 Å². The number of rotatable bonds is 19. The van der Waals surface area contributed by atoms with Gasteiger partial charge in [-0.15, -0.1) is 0 Å². The lowest BCUT2D eigenvalue weighted by Crippen LogP contribution is -2.70. The van der Waals surface area contributed by atoms with E-state index in [9.17, 15) is 52.7 Å². The highest BCUT2D eigenvalue weighted by Crippen LogP contribution is 2.62. The molecule has 0 spiro atoms. The topological polar surface area (TPSA) is 36.9 Å². The predicted octanol–water partition coefficient (Wildman–Crippen LogP) is 8.06. The number of halogens is 12. The molecule has 0 atom stereocenters. The summed E-state index contributed by atoms with van der Waals surface area (Å²) in [6, 6.07) is -1.12. The lowest BCUT2D eigenvalue weighted by molar-refractivity contribution is -0.425. The number of alkyl halides is 12. The zero-order chi connectivity index (χ0) is 30.5. The quantitative estimate of drug-likeness (QED) is 0.107. The number of hydrogen-bond acceptors (Lipinski definition) is 4. The molecule has 0 aromatic rings. The molecule has 0 rings (SSSR count). The molecular formula is C20H34F12O4SSi. The molecule has 0 heterocycles. The van der Waals surface area contributed by atoms with E-state index in [0.29, 0.717) is 0 Å². The van der Waals surface area contributed by atoms with Crippen molar-refractivity contribution in [2.75, 3.05) is 38.4 Å². The Morgan fingerprint density at radius 3 is 1.21 bits per heavy atom. The van der Waals surface area contributed by atoms with E-state index < -0.39 is 79.3 Å². The van der Waals surface area contributed by atoms with Gasteiger partial charge in [-0.3, -0.25) is 8.37 Å². The second-order valence-corrected chi connectivity index (χ2v) is 14.5. The molecule has 38 heavy (non-hydrogen) atoms. The molecular weight excluding hydrogens is 592 g/mol. The lowest BCUT2D eigenvalue weighted by Gasteiger charge is -2.43. The average Bonchev–Trinajstić information content (AvgIpc) is 2.77. The van der Waals surface area contributed by atoms with Crippen molar-refractivity contribution in [3.8, 4) is 0 Å². The first-order chi connectivity index (χ1) is 16.9. The van der Waals surface area contributed by atoms with E-state index in [0.717, 1.165) is 12.8 Å². The molecule has 0 fully saturated rings. The van der Waals surface area contributed by atoms with E-state index in [4.69, 9.17) is 17.2 Å². The Morgan fingerprint density at radius 2 is 0.895 bits per heavy atom. The van der Waals surface area contributed by atoms with Crippen molar-refractivity contribution >= 4 is 19.2 Å². The lowest BCUT2D eigenvalue weighted by atomic mass is 9.90. The Hall–Kier alpha value is -0.433. The van der Waals surface area contributed by atoms with Crippen LogP contribution >= 0.6 is 10.6 Å². The fourth-order valence-corrected chi connectivity index (χ4v) is 7.60. The molecule has 0 aromatic heterocycles. The minimum Gasteiger partial charge on any atom is -0.395 e. The maximum Gasteiger partial charge on any atom is 0.384 e. The largest absolute Gasteiger partial charge is 0.395 e. The summed E-state index contributed by atoms with van der Waals surface area (Å²) in [5, 5.41) is 0. The molecule has 0 amide bonds. The third-order valence-corrected chi connectivity index (χ3v) is 10.8. The van der Waals surface area contributed by atoms with Gasteiger partial charge >= 0.3 is 44.1 Å². The first-order valence-electron chi connectivity index (χ1n) is 11.5. The zero-order valence-corrected chi connectivity index (χ0v) is 23.6. The summed E-state index contributed by atoms with van der Waals surface area (Å²) >= 11 is 0. The number of hydrogen-bond donors (Lipinski definition) is 0. The molecule has 0 unspecified atom stereocenters. The van der Waals surface area contributed by atoms with Crippen LogP contribution in [0.4, 0.5) is 52.7 Å². The average molecular weight is 627 g/mol. The van der Waals surface area contributed by atoms with Gasteiger partial charge in [0.1, 0.15) is 0 Å². The Morgan fingerprint density at radius 1 is 0.553 bits per heavy atom. The van der Waals surface area contributed by atoms with Crippen molar-refractivity contribution in [2.45, 2.75) is 88.7 Å². The second-order valence-electron chi connectivity index (χ2n) is 8.40. The molecule has 4 nitrogen and oxygen atoms in total. The fourth-order valence-electron chi connectivity index (χ4n) is 3.31. The minimum absolute atomic E-state index is 0.159. The van der Waals surface area contributed by atoms with Crippen LogP contribution in [0.25, 0.3) is 0 Å². The van der Waals surface area contributed by atoms with Gasteiger partial charge in [0.2, 0.25) is 0 Å². The van der Waals surface area contributed by atoms with Crippen LogP contribution in [0.15, 0.2) is 0 Å². The summed E-state index contributed by atoms with van der Waals surface area (Å²) in [7, 11) is -6.72. The Bertz CT molecular complexity index is 671. The van der Waals surface area contributed by atoms with E-state index >= 15 is 0 Å². The van der Waals surface area contributed by atoms with Gasteiger partial charge in [0.15, 0.2) is 0 Å². The Labute approximate surface area is 216 Å². The van der Waals surface area contributed by atoms with E-state index in [1.165, 1.54) is 27.7 Å². The summed E-state index contributed by atoms with van der Waals surface area (Å²) in [6.45, 7) is 5.90. The van der Waals surface area contributed by atoms with Crippen molar-refractivity contribution in [3.63, 3.8) is 0 Å². The van der Waals surface area contributed by atoms with Crippen LogP contribution in [0, 0.1) is 0 Å². The van der Waals surface area contributed by atoms with Crippen molar-refractivity contribution < 1.29 is 69.9 Å². The molecule has 0 radical (unpaired) electrons. The van der Waals surface area contributed by atoms with Gasteiger partial charge in [0.05, 0.1) is 13.2 Å². The highest BCUT2D eigenvalue weighted by Gasteiger charge is 2.89. The van der Waals surface area contributed by atoms with Gasteiger partial charge in [-0.05, 0) is 40.3 Å². The van der Waals surface area contributed by atoms with Gasteiger partial charge in [0, 0.05) is 38.1 Å². The van der Waals surface area contributed by atoms with Crippen LogP contribution in [0.1, 0.15) is 40.5 Å². The molecule has 0 aliphatic carbocycles. The smallest absolute Gasteiger partial charge is 0.384 e. The molecule has 0 aromatic carbocycles. The third kappa shape index (κ3) is 7.64. The minimum atomic E-state index is -7.61.